The van der Waals surface area contributed by atoms with Gasteiger partial charge in [0.2, 0.25) is 0 Å². The van der Waals surface area contributed by atoms with Crippen LogP contribution in [-0.4, -0.2) is 26.3 Å². The fraction of sp³-hybridized carbons (Fsp3) is 0.667. The van der Waals surface area contributed by atoms with Gasteiger partial charge in [0.05, 0.1) is 6.10 Å². The Balaban J connectivity index is 2.11. The van der Waals surface area contributed by atoms with Gasteiger partial charge in [-0.05, 0) is 0 Å². The van der Waals surface area contributed by atoms with Gasteiger partial charge in [-0.1, -0.05) is 22.7 Å². The van der Waals surface area contributed by atoms with Crippen LogP contribution in [0, 0.1) is 0 Å². The number of methoxy groups -OCH3 is 1. The lowest BCUT2D eigenvalue weighted by Crippen LogP contribution is -2.37. The maximum absolute atomic E-state index is 5.34. The van der Waals surface area contributed by atoms with Crippen molar-refractivity contribution in [2.45, 2.75) is 18.9 Å². The number of hydrogen-bond acceptors (Lipinski definition) is 3. The first-order valence-corrected chi connectivity index (χ1v) is 6.29. The molecule has 1 aliphatic rings. The number of ether oxygens (including phenoxy) is 1. The van der Waals surface area contributed by atoms with Crippen molar-refractivity contribution < 1.29 is 4.74 Å². The van der Waals surface area contributed by atoms with Crippen LogP contribution in [0.25, 0.3) is 0 Å². The smallest absolute Gasteiger partial charge is 0.313 e. The van der Waals surface area contributed by atoms with Crippen LogP contribution in [0.1, 0.15) is 12.8 Å². The minimum Gasteiger partial charge on any atom is -0.381 e. The molecule has 1 aromatic rings. The summed E-state index contributed by atoms with van der Waals surface area (Å²) in [4.78, 5) is 0. The Morgan fingerprint density at radius 1 is 1.31 bits per heavy atom. The molecule has 0 saturated carbocycles. The second kappa shape index (κ2) is 4.35. The maximum Gasteiger partial charge on any atom is 0.313 e. The Hall–Kier alpha value is -0.190. The summed E-state index contributed by atoms with van der Waals surface area (Å²) >= 11 is 3.68. The van der Waals surface area contributed by atoms with Gasteiger partial charge in [0, 0.05) is 30.7 Å². The van der Waals surface area contributed by atoms with Gasteiger partial charge in [0.1, 0.15) is 13.1 Å². The molecule has 0 N–H and O–H groups in total. The molecule has 1 saturated heterocycles. The maximum atomic E-state index is 5.34. The van der Waals surface area contributed by atoms with Crippen molar-refractivity contribution in [3.05, 3.63) is 14.7 Å². The minimum atomic E-state index is 0.487. The van der Waals surface area contributed by atoms with Crippen LogP contribution >= 0.6 is 22.7 Å². The van der Waals surface area contributed by atoms with Gasteiger partial charge in [0.25, 0.3) is 0 Å². The van der Waals surface area contributed by atoms with Crippen LogP contribution in [0.2, 0.25) is 0 Å². The van der Waals surface area contributed by atoms with Crippen molar-refractivity contribution in [2.75, 3.05) is 20.2 Å². The van der Waals surface area contributed by atoms with Crippen LogP contribution in [-0.2, 0) is 4.74 Å². The highest BCUT2D eigenvalue weighted by Crippen LogP contribution is 2.08. The number of piperidine rings is 1. The van der Waals surface area contributed by atoms with Crippen molar-refractivity contribution in [3.63, 3.8) is 0 Å². The molecule has 1 aromatic heterocycles. The summed E-state index contributed by atoms with van der Waals surface area (Å²) in [6.07, 6.45) is 2.82. The van der Waals surface area contributed by atoms with Crippen LogP contribution in [0.5, 0.6) is 0 Å². The Labute approximate surface area is 86.1 Å². The van der Waals surface area contributed by atoms with E-state index in [4.69, 9.17) is 4.74 Å². The molecule has 0 unspecified atom stereocenters. The largest absolute Gasteiger partial charge is 0.381 e. The molecule has 2 rings (SSSR count). The van der Waals surface area contributed by atoms with E-state index in [1.807, 2.05) is 29.8 Å². The minimum absolute atomic E-state index is 0.487. The molecule has 0 bridgehead atoms. The molecular formula is C9H14NOS2+. The van der Waals surface area contributed by atoms with Crippen LogP contribution in [0.3, 0.4) is 0 Å². The molecule has 72 valence electrons. The van der Waals surface area contributed by atoms with E-state index >= 15 is 0 Å². The van der Waals surface area contributed by atoms with E-state index in [9.17, 15) is 0 Å². The average Bonchev–Trinajstić information content (AvgIpc) is 2.71. The van der Waals surface area contributed by atoms with Gasteiger partial charge < -0.3 is 4.74 Å². The molecule has 2 heterocycles. The molecule has 0 aromatic carbocycles. The topological polar surface area (TPSA) is 12.2 Å². The second-order valence-electron chi connectivity index (χ2n) is 3.20. The Morgan fingerprint density at radius 3 is 2.46 bits per heavy atom. The van der Waals surface area contributed by atoms with E-state index < -0.39 is 0 Å². The van der Waals surface area contributed by atoms with E-state index in [-0.39, 0.29) is 0 Å². The highest BCUT2D eigenvalue weighted by atomic mass is 32.2. The SMILES string of the molecule is COC1CC[N+](=c2sccs2)CC1. The summed E-state index contributed by atoms with van der Waals surface area (Å²) in [7, 11) is 1.81. The molecule has 1 fully saturated rings. The Bertz CT molecular complexity index is 302. The van der Waals surface area contributed by atoms with Crippen LogP contribution < -0.4 is 8.56 Å². The first-order valence-electron chi connectivity index (χ1n) is 4.53. The monoisotopic (exact) mass is 216 g/mol. The fourth-order valence-corrected chi connectivity index (χ4v) is 3.52. The van der Waals surface area contributed by atoms with Gasteiger partial charge in [-0.25, -0.2) is 4.58 Å². The third-order valence-electron chi connectivity index (χ3n) is 2.43. The molecule has 0 spiro atoms. The summed E-state index contributed by atoms with van der Waals surface area (Å²) in [5, 5.41) is 4.31. The lowest BCUT2D eigenvalue weighted by molar-refractivity contribution is 0.0716. The zero-order chi connectivity index (χ0) is 9.10. The van der Waals surface area contributed by atoms with Gasteiger partial charge in [0.15, 0.2) is 0 Å². The summed E-state index contributed by atoms with van der Waals surface area (Å²) in [6.45, 7) is 2.30. The van der Waals surface area contributed by atoms with Crippen LogP contribution in [0.4, 0.5) is 0 Å². The molecule has 0 amide bonds. The molecular weight excluding hydrogens is 202 g/mol. The number of hydrogen-bond donors (Lipinski definition) is 0. The molecule has 1 aliphatic heterocycles. The third-order valence-corrected chi connectivity index (χ3v) is 4.64. The molecule has 0 aliphatic carbocycles. The van der Waals surface area contributed by atoms with Crippen molar-refractivity contribution in [3.8, 4) is 0 Å². The van der Waals surface area contributed by atoms with Gasteiger partial charge in [-0.2, -0.15) is 0 Å². The highest BCUT2D eigenvalue weighted by Gasteiger charge is 2.21. The van der Waals surface area contributed by atoms with E-state index in [0.29, 0.717) is 6.10 Å². The summed E-state index contributed by atoms with van der Waals surface area (Å²) < 4.78 is 9.24. The van der Waals surface area contributed by atoms with Crippen LogP contribution in [0.15, 0.2) is 10.8 Å². The van der Waals surface area contributed by atoms with Crippen molar-refractivity contribution >= 4 is 22.7 Å². The standard InChI is InChI=1S/C9H14NOS2/c1-11-8-2-4-10(5-3-8)9-12-6-7-13-9/h6-8H,2-5H2,1H3/q+1. The van der Waals surface area contributed by atoms with E-state index in [0.717, 1.165) is 13.1 Å². The highest BCUT2D eigenvalue weighted by molar-refractivity contribution is 7.24. The summed E-state index contributed by atoms with van der Waals surface area (Å²) in [5.74, 6) is 0. The van der Waals surface area contributed by atoms with Crippen molar-refractivity contribution in [2.24, 2.45) is 0 Å². The third kappa shape index (κ3) is 2.18. The molecule has 0 radical (unpaired) electrons. The normalized spacial score (nSPS) is 23.5. The molecule has 4 heteroatoms. The predicted molar refractivity (Wildman–Crippen MR) is 57.2 cm³/mol. The van der Waals surface area contributed by atoms with Crippen molar-refractivity contribution in [1.82, 2.24) is 4.58 Å². The van der Waals surface area contributed by atoms with E-state index in [1.165, 1.54) is 16.8 Å². The number of nitrogens with zero attached hydrogens (tertiary/aromatic N) is 1. The second-order valence-corrected chi connectivity index (χ2v) is 5.24. The Kier molecular flexibility index (Phi) is 3.14. The van der Waals surface area contributed by atoms with E-state index in [2.05, 4.69) is 15.3 Å². The lowest BCUT2D eigenvalue weighted by Gasteiger charge is -2.18. The van der Waals surface area contributed by atoms with Gasteiger partial charge in [-0.15, -0.1) is 0 Å². The van der Waals surface area contributed by atoms with E-state index in [1.54, 1.807) is 0 Å². The summed E-state index contributed by atoms with van der Waals surface area (Å²) in [6, 6.07) is 0. The fourth-order valence-electron chi connectivity index (χ4n) is 1.62. The lowest BCUT2D eigenvalue weighted by atomic mass is 10.1. The zero-order valence-electron chi connectivity index (χ0n) is 7.73. The molecule has 0 atom stereocenters. The zero-order valence-corrected chi connectivity index (χ0v) is 9.37. The van der Waals surface area contributed by atoms with Gasteiger partial charge in [-0.3, -0.25) is 0 Å². The number of rotatable bonds is 1. The van der Waals surface area contributed by atoms with Gasteiger partial charge >= 0.3 is 3.98 Å². The molecule has 2 nitrogen and oxygen atoms in total. The first kappa shape index (κ1) is 9.37. The first-order chi connectivity index (χ1) is 6.40. The summed E-state index contributed by atoms with van der Waals surface area (Å²) in [5.41, 5.74) is 0. The van der Waals surface area contributed by atoms with Crippen molar-refractivity contribution in [1.29, 1.82) is 0 Å². The average molecular weight is 216 g/mol. The molecule has 13 heavy (non-hydrogen) atoms. The Morgan fingerprint density at radius 2 is 1.92 bits per heavy atom. The quantitative estimate of drug-likeness (QED) is 0.646. The predicted octanol–water partition coefficient (Wildman–Crippen LogP) is 1.39.